The molecule has 0 saturated heterocycles. The van der Waals surface area contributed by atoms with Crippen LogP contribution in [0.2, 0.25) is 0 Å². The molecule has 30 heavy (non-hydrogen) atoms. The monoisotopic (exact) mass is 472 g/mol. The van der Waals surface area contributed by atoms with Crippen molar-refractivity contribution in [3.05, 3.63) is 64.6 Å². The van der Waals surface area contributed by atoms with Crippen molar-refractivity contribution in [1.29, 1.82) is 0 Å². The number of benzene rings is 2. The number of carbonyl (C=O) groups excluding carboxylic acids is 2. The maximum absolute atomic E-state index is 13.1. The molecule has 6 heteroatoms. The summed E-state index contributed by atoms with van der Waals surface area (Å²) in [5, 5.41) is 3.15. The van der Waals surface area contributed by atoms with Crippen LogP contribution < -0.4 is 10.1 Å². The van der Waals surface area contributed by atoms with Gasteiger partial charge in [0.2, 0.25) is 5.91 Å². The molecule has 0 spiro atoms. The summed E-state index contributed by atoms with van der Waals surface area (Å²) in [4.78, 5) is 27.8. The van der Waals surface area contributed by atoms with E-state index in [1.807, 2.05) is 61.5 Å². The molecule has 1 fully saturated rings. The van der Waals surface area contributed by atoms with E-state index in [1.165, 1.54) is 0 Å². The summed E-state index contributed by atoms with van der Waals surface area (Å²) in [6.45, 7) is 2.21. The first kappa shape index (κ1) is 22.3. The first-order chi connectivity index (χ1) is 14.6. The summed E-state index contributed by atoms with van der Waals surface area (Å²) < 4.78 is 6.65. The normalized spacial score (nSPS) is 14.9. The Labute approximate surface area is 186 Å². The lowest BCUT2D eigenvalue weighted by molar-refractivity contribution is -0.143. The van der Waals surface area contributed by atoms with Crippen LogP contribution in [0.4, 0.5) is 0 Å². The molecular weight excluding hydrogens is 444 g/mol. The number of ether oxygens (including phenoxy) is 1. The first-order valence-corrected chi connectivity index (χ1v) is 11.4. The van der Waals surface area contributed by atoms with E-state index < -0.39 is 6.04 Å². The lowest BCUT2D eigenvalue weighted by atomic mass is 10.1. The topological polar surface area (TPSA) is 58.6 Å². The van der Waals surface area contributed by atoms with Gasteiger partial charge in [-0.3, -0.25) is 9.59 Å². The highest BCUT2D eigenvalue weighted by Crippen LogP contribution is 2.20. The zero-order valence-electron chi connectivity index (χ0n) is 17.4. The van der Waals surface area contributed by atoms with Gasteiger partial charge in [0.25, 0.3) is 5.91 Å². The van der Waals surface area contributed by atoms with Gasteiger partial charge < -0.3 is 15.0 Å². The zero-order chi connectivity index (χ0) is 21.3. The van der Waals surface area contributed by atoms with E-state index in [0.29, 0.717) is 18.7 Å². The molecule has 0 radical (unpaired) electrons. The van der Waals surface area contributed by atoms with Crippen LogP contribution in [0.25, 0.3) is 0 Å². The third-order valence-electron chi connectivity index (χ3n) is 5.46. The molecule has 0 bridgehead atoms. The number of hydrogen-bond acceptors (Lipinski definition) is 3. The number of carbonyl (C=O) groups is 2. The Morgan fingerprint density at radius 1 is 1.10 bits per heavy atom. The predicted molar refractivity (Wildman–Crippen MR) is 121 cm³/mol. The smallest absolute Gasteiger partial charge is 0.261 e. The Bertz CT molecular complexity index is 820. The van der Waals surface area contributed by atoms with Gasteiger partial charge >= 0.3 is 0 Å². The van der Waals surface area contributed by atoms with Crippen molar-refractivity contribution in [2.24, 2.45) is 0 Å². The van der Waals surface area contributed by atoms with Crippen molar-refractivity contribution < 1.29 is 14.3 Å². The predicted octanol–water partition coefficient (Wildman–Crippen LogP) is 4.69. The molecule has 1 aliphatic rings. The third kappa shape index (κ3) is 6.33. The van der Waals surface area contributed by atoms with Gasteiger partial charge in [0.15, 0.2) is 6.61 Å². The molecule has 2 aromatic rings. The average Bonchev–Trinajstić information content (AvgIpc) is 3.26. The van der Waals surface area contributed by atoms with Gasteiger partial charge in [-0.2, -0.15) is 0 Å². The average molecular weight is 473 g/mol. The molecule has 1 atom stereocenters. The Kier molecular flexibility index (Phi) is 8.31. The molecule has 0 aliphatic heterocycles. The number of nitrogens with zero attached hydrogens (tertiary/aromatic N) is 1. The van der Waals surface area contributed by atoms with Crippen LogP contribution in [0, 0.1) is 0 Å². The van der Waals surface area contributed by atoms with Crippen LogP contribution in [-0.4, -0.2) is 35.4 Å². The molecule has 2 aromatic carbocycles. The fourth-order valence-corrected chi connectivity index (χ4v) is 4.09. The van der Waals surface area contributed by atoms with Gasteiger partial charge in [-0.05, 0) is 49.1 Å². The summed E-state index contributed by atoms with van der Waals surface area (Å²) in [5.41, 5.74) is 0.988. The summed E-state index contributed by atoms with van der Waals surface area (Å²) in [6.07, 6.45) is 4.88. The van der Waals surface area contributed by atoms with Crippen LogP contribution in [0.15, 0.2) is 59.1 Å². The van der Waals surface area contributed by atoms with Crippen molar-refractivity contribution >= 4 is 27.7 Å². The molecule has 160 valence electrons. The summed E-state index contributed by atoms with van der Waals surface area (Å²) in [6, 6.07) is 16.8. The van der Waals surface area contributed by atoms with Crippen molar-refractivity contribution in [3.8, 4) is 5.75 Å². The highest BCUT2D eigenvalue weighted by Gasteiger charge is 2.30. The standard InChI is InChI=1S/C24H29BrN2O3/c1-2-22(24(29)26-20-10-6-7-11-20)27(16-18-8-4-3-5-9-18)23(28)17-30-21-14-12-19(25)13-15-21/h3-5,8-9,12-15,20,22H,2,6-7,10-11,16-17H2,1H3,(H,26,29)/t22-/m0/s1. The van der Waals surface area contributed by atoms with Crippen molar-refractivity contribution in [2.45, 2.75) is 57.7 Å². The van der Waals surface area contributed by atoms with Crippen LogP contribution in [0.3, 0.4) is 0 Å². The van der Waals surface area contributed by atoms with E-state index in [0.717, 1.165) is 35.7 Å². The van der Waals surface area contributed by atoms with Gasteiger partial charge in [0.1, 0.15) is 11.8 Å². The quantitative estimate of drug-likeness (QED) is 0.575. The number of rotatable bonds is 9. The fourth-order valence-electron chi connectivity index (χ4n) is 3.83. The molecule has 1 saturated carbocycles. The molecule has 0 aromatic heterocycles. The minimum absolute atomic E-state index is 0.0719. The Hall–Kier alpha value is -2.34. The second kappa shape index (κ2) is 11.2. The van der Waals surface area contributed by atoms with E-state index in [9.17, 15) is 9.59 Å². The first-order valence-electron chi connectivity index (χ1n) is 10.6. The molecule has 0 heterocycles. The minimum Gasteiger partial charge on any atom is -0.484 e. The van der Waals surface area contributed by atoms with E-state index in [-0.39, 0.29) is 24.5 Å². The molecule has 1 aliphatic carbocycles. The highest BCUT2D eigenvalue weighted by atomic mass is 79.9. The van der Waals surface area contributed by atoms with Crippen LogP contribution in [0.5, 0.6) is 5.75 Å². The van der Waals surface area contributed by atoms with Gasteiger partial charge in [-0.1, -0.05) is 66.0 Å². The van der Waals surface area contributed by atoms with Gasteiger partial charge in [0, 0.05) is 17.1 Å². The molecule has 2 amide bonds. The van der Waals surface area contributed by atoms with Crippen molar-refractivity contribution in [2.75, 3.05) is 6.61 Å². The van der Waals surface area contributed by atoms with E-state index in [1.54, 1.807) is 4.90 Å². The number of halogens is 1. The van der Waals surface area contributed by atoms with Crippen LogP contribution >= 0.6 is 15.9 Å². The number of nitrogens with one attached hydrogen (secondary N) is 1. The summed E-state index contributed by atoms with van der Waals surface area (Å²) in [5.74, 6) is 0.349. The lowest BCUT2D eigenvalue weighted by Crippen LogP contribution is -2.52. The van der Waals surface area contributed by atoms with Gasteiger partial charge in [-0.15, -0.1) is 0 Å². The number of amides is 2. The highest BCUT2D eigenvalue weighted by molar-refractivity contribution is 9.10. The van der Waals surface area contributed by atoms with E-state index in [4.69, 9.17) is 4.74 Å². The van der Waals surface area contributed by atoms with Crippen LogP contribution in [-0.2, 0) is 16.1 Å². The Morgan fingerprint density at radius 3 is 2.40 bits per heavy atom. The van der Waals surface area contributed by atoms with Crippen molar-refractivity contribution in [1.82, 2.24) is 10.2 Å². The SMILES string of the molecule is CC[C@@H](C(=O)NC1CCCC1)N(Cc1ccccc1)C(=O)COc1ccc(Br)cc1. The number of hydrogen-bond donors (Lipinski definition) is 1. The molecule has 5 nitrogen and oxygen atoms in total. The van der Waals surface area contributed by atoms with E-state index in [2.05, 4.69) is 21.2 Å². The molecular formula is C24H29BrN2O3. The second-order valence-corrected chi connectivity index (χ2v) is 8.58. The van der Waals surface area contributed by atoms with Crippen molar-refractivity contribution in [3.63, 3.8) is 0 Å². The van der Waals surface area contributed by atoms with Crippen LogP contribution in [0.1, 0.15) is 44.6 Å². The second-order valence-electron chi connectivity index (χ2n) is 7.66. The Morgan fingerprint density at radius 2 is 1.77 bits per heavy atom. The molecule has 0 unspecified atom stereocenters. The largest absolute Gasteiger partial charge is 0.484 e. The maximum Gasteiger partial charge on any atom is 0.261 e. The van der Waals surface area contributed by atoms with Gasteiger partial charge in [-0.25, -0.2) is 0 Å². The third-order valence-corrected chi connectivity index (χ3v) is 5.99. The minimum atomic E-state index is -0.521. The lowest BCUT2D eigenvalue weighted by Gasteiger charge is -2.31. The Balaban J connectivity index is 1.72. The zero-order valence-corrected chi connectivity index (χ0v) is 18.9. The van der Waals surface area contributed by atoms with Gasteiger partial charge in [0.05, 0.1) is 0 Å². The van der Waals surface area contributed by atoms with E-state index >= 15 is 0 Å². The molecule has 3 rings (SSSR count). The summed E-state index contributed by atoms with van der Waals surface area (Å²) >= 11 is 3.39. The fraction of sp³-hybridized carbons (Fsp3) is 0.417. The molecule has 1 N–H and O–H groups in total. The maximum atomic E-state index is 13.1. The summed E-state index contributed by atoms with van der Waals surface area (Å²) in [7, 11) is 0.